The van der Waals surface area contributed by atoms with Crippen LogP contribution in [0.1, 0.15) is 49.4 Å². The molecule has 0 fully saturated rings. The Morgan fingerprint density at radius 3 is 2.96 bits per heavy atom. The number of methoxy groups -OCH3 is 1. The molecule has 3 rings (SSSR count). The first kappa shape index (κ1) is 17.4. The Morgan fingerprint density at radius 2 is 2.16 bits per heavy atom. The molecule has 6 heteroatoms. The van der Waals surface area contributed by atoms with Crippen LogP contribution in [0.25, 0.3) is 0 Å². The molecular weight excluding hydrogens is 336 g/mol. The Balaban J connectivity index is 1.69. The summed E-state index contributed by atoms with van der Waals surface area (Å²) in [6, 6.07) is 8.92. The summed E-state index contributed by atoms with van der Waals surface area (Å²) in [6.07, 6.45) is 4.72. The van der Waals surface area contributed by atoms with Gasteiger partial charge >= 0.3 is 5.97 Å². The highest BCUT2D eigenvalue weighted by molar-refractivity contribution is 7.14. The van der Waals surface area contributed by atoms with Gasteiger partial charge in [0.15, 0.2) is 0 Å². The second-order valence-corrected chi connectivity index (χ2v) is 7.32. The van der Waals surface area contributed by atoms with Crippen molar-refractivity contribution in [3.8, 4) is 0 Å². The number of hydrazone groups is 1. The van der Waals surface area contributed by atoms with E-state index in [1.54, 1.807) is 35.6 Å². The van der Waals surface area contributed by atoms with Crippen LogP contribution < -0.4 is 5.43 Å². The number of esters is 1. The lowest BCUT2D eigenvalue weighted by Gasteiger charge is -2.16. The van der Waals surface area contributed by atoms with Crippen LogP contribution >= 0.6 is 11.3 Å². The minimum Gasteiger partial charge on any atom is -0.465 e. The van der Waals surface area contributed by atoms with Crippen molar-refractivity contribution >= 4 is 29.4 Å². The number of aryl methyl sites for hydroxylation is 1. The number of thiophene rings is 1. The highest BCUT2D eigenvalue weighted by atomic mass is 32.1. The smallest absolute Gasteiger partial charge is 0.338 e. The van der Waals surface area contributed by atoms with Crippen LogP contribution in [0, 0.1) is 5.92 Å². The first-order valence-electron chi connectivity index (χ1n) is 8.21. The number of amides is 1. The standard InChI is InChI=1S/C19H20N2O3S/c1-12-7-8-16-14(9-12)10-17(25-16)18(22)21-20-11-13-5-3-4-6-15(13)19(23)24-2/h3-6,10-12H,7-9H2,1-2H3,(H,21,22)/b20-11-/t12-/m1/s1. The molecule has 1 aromatic heterocycles. The summed E-state index contributed by atoms with van der Waals surface area (Å²) in [5, 5.41) is 3.99. The monoisotopic (exact) mass is 356 g/mol. The van der Waals surface area contributed by atoms with Crippen LogP contribution in [0.2, 0.25) is 0 Å². The maximum atomic E-state index is 12.3. The lowest BCUT2D eigenvalue weighted by Crippen LogP contribution is -2.16. The molecular formula is C19H20N2O3S. The predicted octanol–water partition coefficient (Wildman–Crippen LogP) is 3.42. The Kier molecular flexibility index (Phi) is 5.28. The summed E-state index contributed by atoms with van der Waals surface area (Å²) in [6.45, 7) is 2.24. The molecule has 1 amide bonds. The van der Waals surface area contributed by atoms with Gasteiger partial charge in [-0.05, 0) is 42.9 Å². The number of carbonyl (C=O) groups excluding carboxylic acids is 2. The minimum atomic E-state index is -0.437. The largest absolute Gasteiger partial charge is 0.465 e. The lowest BCUT2D eigenvalue weighted by molar-refractivity contribution is 0.0600. The second kappa shape index (κ2) is 7.61. The highest BCUT2D eigenvalue weighted by Crippen LogP contribution is 2.32. The van der Waals surface area contributed by atoms with Crippen molar-refractivity contribution in [2.45, 2.75) is 26.2 Å². The van der Waals surface area contributed by atoms with E-state index in [9.17, 15) is 9.59 Å². The van der Waals surface area contributed by atoms with E-state index in [2.05, 4.69) is 17.5 Å². The maximum absolute atomic E-state index is 12.3. The third-order valence-electron chi connectivity index (χ3n) is 4.29. The molecule has 0 saturated carbocycles. The third-order valence-corrected chi connectivity index (χ3v) is 5.52. The van der Waals surface area contributed by atoms with Gasteiger partial charge in [-0.1, -0.05) is 25.1 Å². The summed E-state index contributed by atoms with van der Waals surface area (Å²) in [7, 11) is 1.33. The van der Waals surface area contributed by atoms with E-state index in [-0.39, 0.29) is 5.91 Å². The van der Waals surface area contributed by atoms with Crippen molar-refractivity contribution in [2.75, 3.05) is 7.11 Å². The molecule has 1 N–H and O–H groups in total. The van der Waals surface area contributed by atoms with Gasteiger partial charge in [0, 0.05) is 10.4 Å². The number of ether oxygens (including phenoxy) is 1. The molecule has 130 valence electrons. The van der Waals surface area contributed by atoms with Crippen LogP contribution in [0.15, 0.2) is 35.4 Å². The molecule has 5 nitrogen and oxygen atoms in total. The van der Waals surface area contributed by atoms with Crippen molar-refractivity contribution in [1.82, 2.24) is 5.43 Å². The van der Waals surface area contributed by atoms with Gasteiger partial charge in [-0.2, -0.15) is 5.10 Å². The number of fused-ring (bicyclic) bond motifs is 1. The van der Waals surface area contributed by atoms with E-state index < -0.39 is 5.97 Å². The molecule has 0 aliphatic heterocycles. The number of nitrogens with zero attached hydrogens (tertiary/aromatic N) is 1. The number of hydrogen-bond donors (Lipinski definition) is 1. The zero-order valence-corrected chi connectivity index (χ0v) is 15.1. The fourth-order valence-electron chi connectivity index (χ4n) is 2.94. The molecule has 0 bridgehead atoms. The molecule has 1 atom stereocenters. The topological polar surface area (TPSA) is 67.8 Å². The van der Waals surface area contributed by atoms with Gasteiger partial charge in [0.1, 0.15) is 0 Å². The van der Waals surface area contributed by atoms with E-state index in [4.69, 9.17) is 4.74 Å². The van der Waals surface area contributed by atoms with Crippen LogP contribution in [0.4, 0.5) is 0 Å². The van der Waals surface area contributed by atoms with Crippen molar-refractivity contribution in [2.24, 2.45) is 11.0 Å². The molecule has 2 aromatic rings. The van der Waals surface area contributed by atoms with E-state index in [0.29, 0.717) is 21.9 Å². The van der Waals surface area contributed by atoms with Crippen LogP contribution in [0.3, 0.4) is 0 Å². The third kappa shape index (κ3) is 3.96. The van der Waals surface area contributed by atoms with Gasteiger partial charge in [0.25, 0.3) is 5.91 Å². The summed E-state index contributed by atoms with van der Waals surface area (Å²) in [5.74, 6) is 0.0122. The normalized spacial score (nSPS) is 16.5. The Morgan fingerprint density at radius 1 is 1.36 bits per heavy atom. The molecule has 1 aromatic carbocycles. The lowest BCUT2D eigenvalue weighted by atomic mass is 9.90. The first-order valence-corrected chi connectivity index (χ1v) is 9.02. The Labute approximate surface area is 150 Å². The van der Waals surface area contributed by atoms with Gasteiger partial charge in [-0.15, -0.1) is 11.3 Å². The Bertz CT molecular complexity index is 826. The highest BCUT2D eigenvalue weighted by Gasteiger charge is 2.20. The first-order chi connectivity index (χ1) is 12.1. The quantitative estimate of drug-likeness (QED) is 0.518. The van der Waals surface area contributed by atoms with Crippen molar-refractivity contribution in [3.05, 3.63) is 56.8 Å². The van der Waals surface area contributed by atoms with E-state index in [0.717, 1.165) is 12.8 Å². The van der Waals surface area contributed by atoms with Crippen molar-refractivity contribution in [3.63, 3.8) is 0 Å². The second-order valence-electron chi connectivity index (χ2n) is 6.18. The Hall–Kier alpha value is -2.47. The summed E-state index contributed by atoms with van der Waals surface area (Å²) in [4.78, 5) is 26.0. The zero-order chi connectivity index (χ0) is 17.8. The van der Waals surface area contributed by atoms with Gasteiger partial charge < -0.3 is 4.74 Å². The SMILES string of the molecule is COC(=O)c1ccccc1/C=N\NC(=O)c1cc2c(s1)CC[C@@H](C)C2. The number of benzene rings is 1. The molecule has 25 heavy (non-hydrogen) atoms. The summed E-state index contributed by atoms with van der Waals surface area (Å²) >= 11 is 1.54. The maximum Gasteiger partial charge on any atom is 0.338 e. The predicted molar refractivity (Wildman–Crippen MR) is 98.3 cm³/mol. The van der Waals surface area contributed by atoms with E-state index in [1.807, 2.05) is 6.07 Å². The van der Waals surface area contributed by atoms with Crippen LogP contribution in [-0.4, -0.2) is 25.2 Å². The number of rotatable bonds is 4. The van der Waals surface area contributed by atoms with Gasteiger partial charge in [0.05, 0.1) is 23.8 Å². The minimum absolute atomic E-state index is 0.223. The van der Waals surface area contributed by atoms with Gasteiger partial charge in [-0.25, -0.2) is 10.2 Å². The average molecular weight is 356 g/mol. The number of hydrogen-bond acceptors (Lipinski definition) is 5. The van der Waals surface area contributed by atoms with Crippen molar-refractivity contribution < 1.29 is 14.3 Å². The number of nitrogens with one attached hydrogen (secondary N) is 1. The molecule has 0 radical (unpaired) electrons. The molecule has 1 aliphatic rings. The van der Waals surface area contributed by atoms with Crippen LogP contribution in [-0.2, 0) is 17.6 Å². The molecule has 0 spiro atoms. The van der Waals surface area contributed by atoms with Crippen molar-refractivity contribution in [1.29, 1.82) is 0 Å². The fraction of sp³-hybridized carbons (Fsp3) is 0.316. The zero-order valence-electron chi connectivity index (χ0n) is 14.2. The van der Waals surface area contributed by atoms with Gasteiger partial charge in [-0.3, -0.25) is 4.79 Å². The molecule has 1 aliphatic carbocycles. The van der Waals surface area contributed by atoms with Crippen LogP contribution in [0.5, 0.6) is 0 Å². The summed E-state index contributed by atoms with van der Waals surface area (Å²) in [5.41, 5.74) is 4.82. The molecule has 0 unspecified atom stereocenters. The van der Waals surface area contributed by atoms with E-state index in [1.165, 1.54) is 30.2 Å². The fourth-order valence-corrected chi connectivity index (χ4v) is 4.04. The van der Waals surface area contributed by atoms with E-state index >= 15 is 0 Å². The molecule has 0 saturated heterocycles. The molecule has 1 heterocycles. The summed E-state index contributed by atoms with van der Waals surface area (Å²) < 4.78 is 4.74. The average Bonchev–Trinajstić information content (AvgIpc) is 3.04. The number of carbonyl (C=O) groups is 2. The van der Waals surface area contributed by atoms with Gasteiger partial charge in [0.2, 0.25) is 0 Å².